The summed E-state index contributed by atoms with van der Waals surface area (Å²) < 4.78 is 0.540. The minimum Gasteiger partial charge on any atom is -0.481 e. The first-order chi connectivity index (χ1) is 7.68. The van der Waals surface area contributed by atoms with Crippen LogP contribution in [0, 0.1) is 0 Å². The van der Waals surface area contributed by atoms with E-state index in [0.717, 1.165) is 24.7 Å². The van der Waals surface area contributed by atoms with Gasteiger partial charge in [0.25, 0.3) is 0 Å². The number of carboxylic acids is 1. The summed E-state index contributed by atoms with van der Waals surface area (Å²) in [7, 11) is 0. The van der Waals surface area contributed by atoms with Gasteiger partial charge < -0.3 is 10.4 Å². The molecule has 0 aliphatic rings. The number of aliphatic carboxylic acids is 1. The molecule has 0 atom stereocenters. The molecule has 1 aromatic carbocycles. The zero-order valence-electron chi connectivity index (χ0n) is 8.68. The molecule has 0 spiro atoms. The number of rotatable bonds is 5. The lowest BCUT2D eigenvalue weighted by molar-refractivity contribution is -0.133. The molecule has 0 radical (unpaired) electrons. The fourth-order valence-corrected chi connectivity index (χ4v) is 1.87. The molecule has 1 aromatic rings. The number of thioether (sulfide) groups is 1. The number of thiocarbonyl (C=S) groups is 1. The van der Waals surface area contributed by atoms with Crippen molar-refractivity contribution < 1.29 is 9.90 Å². The van der Waals surface area contributed by atoms with E-state index in [2.05, 4.69) is 17.4 Å². The van der Waals surface area contributed by atoms with Gasteiger partial charge in [0.05, 0.1) is 5.75 Å². The predicted molar refractivity (Wildman–Crippen MR) is 70.8 cm³/mol. The van der Waals surface area contributed by atoms with Crippen molar-refractivity contribution in [3.8, 4) is 0 Å². The molecule has 0 aliphatic carbocycles. The van der Waals surface area contributed by atoms with Crippen molar-refractivity contribution in [1.82, 2.24) is 5.32 Å². The number of carbonyl (C=O) groups is 1. The Hall–Kier alpha value is -1.07. The topological polar surface area (TPSA) is 49.3 Å². The highest BCUT2D eigenvalue weighted by Crippen LogP contribution is 2.02. The molecule has 0 amide bonds. The molecule has 0 saturated carbocycles. The third kappa shape index (κ3) is 5.72. The highest BCUT2D eigenvalue weighted by Gasteiger charge is 2.01. The molecule has 0 aromatic heterocycles. The number of hydrogen-bond acceptors (Lipinski definition) is 3. The van der Waals surface area contributed by atoms with Crippen LogP contribution in [-0.4, -0.2) is 27.7 Å². The molecule has 0 aliphatic heterocycles. The van der Waals surface area contributed by atoms with Crippen LogP contribution >= 0.6 is 24.0 Å². The van der Waals surface area contributed by atoms with Crippen LogP contribution in [0.15, 0.2) is 30.3 Å². The smallest absolute Gasteiger partial charge is 0.313 e. The van der Waals surface area contributed by atoms with Crippen molar-refractivity contribution in [2.24, 2.45) is 0 Å². The summed E-state index contributed by atoms with van der Waals surface area (Å²) in [6.45, 7) is 0.732. The van der Waals surface area contributed by atoms with Crippen LogP contribution in [0.5, 0.6) is 0 Å². The van der Waals surface area contributed by atoms with E-state index in [4.69, 9.17) is 17.3 Å². The van der Waals surface area contributed by atoms with Crippen LogP contribution < -0.4 is 5.32 Å². The molecule has 0 fully saturated rings. The van der Waals surface area contributed by atoms with E-state index < -0.39 is 5.97 Å². The van der Waals surface area contributed by atoms with Crippen LogP contribution in [0.2, 0.25) is 0 Å². The first kappa shape index (κ1) is 13.0. The van der Waals surface area contributed by atoms with Gasteiger partial charge in [-0.25, -0.2) is 0 Å². The Bertz CT molecular complexity index is 354. The molecule has 16 heavy (non-hydrogen) atoms. The van der Waals surface area contributed by atoms with E-state index in [0.29, 0.717) is 4.32 Å². The quantitative estimate of drug-likeness (QED) is 0.787. The molecule has 2 N–H and O–H groups in total. The Kier molecular flexibility index (Phi) is 5.88. The van der Waals surface area contributed by atoms with Gasteiger partial charge >= 0.3 is 5.97 Å². The van der Waals surface area contributed by atoms with Gasteiger partial charge in [-0.15, -0.1) is 0 Å². The third-order valence-corrected chi connectivity index (χ3v) is 3.15. The molecule has 86 valence electrons. The number of carboxylic acid groups (broad SMARTS) is 1. The monoisotopic (exact) mass is 255 g/mol. The molecule has 0 unspecified atom stereocenters. The van der Waals surface area contributed by atoms with E-state index in [1.807, 2.05) is 18.2 Å². The molecule has 0 saturated heterocycles. The lowest BCUT2D eigenvalue weighted by Crippen LogP contribution is -2.22. The summed E-state index contributed by atoms with van der Waals surface area (Å²) in [6.07, 6.45) is 0.884. The van der Waals surface area contributed by atoms with Gasteiger partial charge in [0.2, 0.25) is 0 Å². The Morgan fingerprint density at radius 2 is 2.06 bits per heavy atom. The SMILES string of the molecule is O=C(O)CSC(=S)NCCc1ccccc1. The van der Waals surface area contributed by atoms with Gasteiger partial charge in [-0.3, -0.25) is 4.79 Å². The van der Waals surface area contributed by atoms with Gasteiger partial charge in [0.15, 0.2) is 0 Å². The summed E-state index contributed by atoms with van der Waals surface area (Å²) in [5.41, 5.74) is 1.24. The van der Waals surface area contributed by atoms with Gasteiger partial charge in [0, 0.05) is 6.54 Å². The molecule has 5 heteroatoms. The maximum Gasteiger partial charge on any atom is 0.313 e. The second kappa shape index (κ2) is 7.24. The summed E-state index contributed by atoms with van der Waals surface area (Å²) in [5, 5.41) is 11.5. The van der Waals surface area contributed by atoms with Crippen molar-refractivity contribution in [1.29, 1.82) is 0 Å². The van der Waals surface area contributed by atoms with E-state index in [9.17, 15) is 4.79 Å². The van der Waals surface area contributed by atoms with E-state index >= 15 is 0 Å². The third-order valence-electron chi connectivity index (χ3n) is 1.85. The number of hydrogen-bond donors (Lipinski definition) is 2. The first-order valence-corrected chi connectivity index (χ1v) is 6.24. The maximum atomic E-state index is 10.3. The van der Waals surface area contributed by atoms with Gasteiger partial charge in [-0.1, -0.05) is 54.3 Å². The molecule has 1 rings (SSSR count). The first-order valence-electron chi connectivity index (χ1n) is 4.85. The normalized spacial score (nSPS) is 9.75. The Morgan fingerprint density at radius 3 is 2.69 bits per heavy atom. The largest absolute Gasteiger partial charge is 0.481 e. The zero-order valence-corrected chi connectivity index (χ0v) is 10.3. The fourth-order valence-electron chi connectivity index (χ4n) is 1.13. The van der Waals surface area contributed by atoms with Crippen LogP contribution in [0.3, 0.4) is 0 Å². The lowest BCUT2D eigenvalue weighted by atomic mass is 10.2. The van der Waals surface area contributed by atoms with Crippen LogP contribution in [-0.2, 0) is 11.2 Å². The van der Waals surface area contributed by atoms with Gasteiger partial charge in [-0.2, -0.15) is 0 Å². The summed E-state index contributed by atoms with van der Waals surface area (Å²) in [6, 6.07) is 10.1. The summed E-state index contributed by atoms with van der Waals surface area (Å²) in [4.78, 5) is 10.3. The predicted octanol–water partition coefficient (Wildman–Crippen LogP) is 1.92. The van der Waals surface area contributed by atoms with E-state index in [1.54, 1.807) is 0 Å². The molecule has 0 heterocycles. The maximum absolute atomic E-state index is 10.3. The molecule has 3 nitrogen and oxygen atoms in total. The van der Waals surface area contributed by atoms with E-state index in [1.165, 1.54) is 5.56 Å². The second-order valence-corrected chi connectivity index (χ2v) is 4.78. The average molecular weight is 255 g/mol. The zero-order chi connectivity index (χ0) is 11.8. The minimum absolute atomic E-state index is 0.0111. The average Bonchev–Trinajstić information content (AvgIpc) is 2.28. The fraction of sp³-hybridized carbons (Fsp3) is 0.273. The number of nitrogens with one attached hydrogen (secondary N) is 1. The molecule has 0 bridgehead atoms. The minimum atomic E-state index is -0.850. The molecular formula is C11H13NO2S2. The van der Waals surface area contributed by atoms with Gasteiger partial charge in [0.1, 0.15) is 4.32 Å². The standard InChI is InChI=1S/C11H13NO2S2/c13-10(14)8-16-11(15)12-7-6-9-4-2-1-3-5-9/h1-5H,6-8H2,(H,12,15)(H,13,14). The second-order valence-electron chi connectivity index (χ2n) is 3.13. The Labute approximate surface area is 104 Å². The van der Waals surface area contributed by atoms with Crippen molar-refractivity contribution in [3.05, 3.63) is 35.9 Å². The van der Waals surface area contributed by atoms with Crippen molar-refractivity contribution in [2.45, 2.75) is 6.42 Å². The van der Waals surface area contributed by atoms with Crippen molar-refractivity contribution in [3.63, 3.8) is 0 Å². The summed E-state index contributed by atoms with van der Waals surface area (Å²) in [5.74, 6) is -0.839. The Balaban J connectivity index is 2.16. The Morgan fingerprint density at radius 1 is 1.38 bits per heavy atom. The van der Waals surface area contributed by atoms with Crippen LogP contribution in [0.4, 0.5) is 0 Å². The van der Waals surface area contributed by atoms with Gasteiger partial charge in [-0.05, 0) is 12.0 Å². The summed E-state index contributed by atoms with van der Waals surface area (Å²) >= 11 is 6.12. The lowest BCUT2D eigenvalue weighted by Gasteiger charge is -2.06. The highest BCUT2D eigenvalue weighted by molar-refractivity contribution is 8.23. The highest BCUT2D eigenvalue weighted by atomic mass is 32.2. The molecular weight excluding hydrogens is 242 g/mol. The van der Waals surface area contributed by atoms with E-state index in [-0.39, 0.29) is 5.75 Å². The van der Waals surface area contributed by atoms with Crippen molar-refractivity contribution in [2.75, 3.05) is 12.3 Å². The van der Waals surface area contributed by atoms with Crippen LogP contribution in [0.25, 0.3) is 0 Å². The number of benzene rings is 1. The van der Waals surface area contributed by atoms with Crippen LogP contribution in [0.1, 0.15) is 5.56 Å². The van der Waals surface area contributed by atoms with Crippen molar-refractivity contribution >= 4 is 34.3 Å².